The third-order valence-corrected chi connectivity index (χ3v) is 15.5. The Hall–Kier alpha value is -3.19. The Morgan fingerprint density at radius 3 is 1.84 bits per heavy atom. The summed E-state index contributed by atoms with van der Waals surface area (Å²) >= 11 is 0. The molecule has 0 saturated carbocycles. The molecule has 8 nitrogen and oxygen atoms in total. The van der Waals surface area contributed by atoms with Gasteiger partial charge in [0.25, 0.3) is 18.4 Å². The minimum absolute atomic E-state index is 0.0507. The van der Waals surface area contributed by atoms with Crippen LogP contribution in [0.15, 0.2) is 120 Å². The lowest BCUT2D eigenvalue weighted by Crippen LogP contribution is -2.68. The van der Waals surface area contributed by atoms with Crippen LogP contribution < -0.4 is 10.4 Å². The highest BCUT2D eigenvalue weighted by Gasteiger charge is 2.64. The zero-order chi connectivity index (χ0) is 34.9. The van der Waals surface area contributed by atoms with E-state index in [2.05, 4.69) is 45.0 Å². The Balaban J connectivity index is 1.44. The van der Waals surface area contributed by atoms with Crippen LogP contribution in [0.25, 0.3) is 0 Å². The predicted octanol–water partition coefficient (Wildman–Crippen LogP) is 6.11. The van der Waals surface area contributed by atoms with E-state index >= 15 is 0 Å². The van der Waals surface area contributed by atoms with Gasteiger partial charge in [0.05, 0.1) is 18.1 Å². The molecule has 10 heteroatoms. The molecular formula is C39H46O8SSi. The summed E-state index contributed by atoms with van der Waals surface area (Å²) in [6, 6.07) is 36.9. The maximum absolute atomic E-state index is 13.7. The highest BCUT2D eigenvalue weighted by atomic mass is 32.2. The van der Waals surface area contributed by atoms with Crippen LogP contribution in [-0.2, 0) is 44.3 Å². The van der Waals surface area contributed by atoms with Crippen LogP contribution in [0.2, 0.25) is 5.04 Å². The van der Waals surface area contributed by atoms with Gasteiger partial charge in [-0.1, -0.05) is 129 Å². The topological polar surface area (TPSA) is 89.5 Å². The molecule has 4 atom stereocenters. The lowest BCUT2D eigenvalue weighted by atomic mass is 9.97. The van der Waals surface area contributed by atoms with Crippen LogP contribution in [0.3, 0.4) is 0 Å². The van der Waals surface area contributed by atoms with Gasteiger partial charge in [0.2, 0.25) is 0 Å². The van der Waals surface area contributed by atoms with Crippen LogP contribution in [0.5, 0.6) is 0 Å². The van der Waals surface area contributed by atoms with E-state index in [4.69, 9.17) is 27.6 Å². The number of hydrogen-bond donors (Lipinski definition) is 0. The normalized spacial score (nSPS) is 23.8. The summed E-state index contributed by atoms with van der Waals surface area (Å²) in [5, 5.41) is 1.80. The minimum Gasteiger partial charge on any atom is -0.404 e. The van der Waals surface area contributed by atoms with E-state index in [1.807, 2.05) is 87.5 Å². The molecule has 2 aliphatic heterocycles. The third kappa shape index (κ3) is 7.33. The average molecular weight is 703 g/mol. The number of aryl methyl sites for hydroxylation is 1. The van der Waals surface area contributed by atoms with E-state index in [0.29, 0.717) is 0 Å². The van der Waals surface area contributed by atoms with E-state index in [0.717, 1.165) is 21.5 Å². The maximum atomic E-state index is 13.7. The zero-order valence-corrected chi connectivity index (χ0v) is 30.8. The first-order valence-corrected chi connectivity index (χ1v) is 20.0. The van der Waals surface area contributed by atoms with E-state index in [1.165, 1.54) is 0 Å². The van der Waals surface area contributed by atoms with Crippen molar-refractivity contribution < 1.29 is 36.0 Å². The van der Waals surface area contributed by atoms with Crippen LogP contribution >= 0.6 is 0 Å². The predicted molar refractivity (Wildman–Crippen MR) is 191 cm³/mol. The van der Waals surface area contributed by atoms with Gasteiger partial charge in [0.15, 0.2) is 12.1 Å². The Kier molecular flexibility index (Phi) is 10.1. The molecule has 4 aromatic rings. The second kappa shape index (κ2) is 13.8. The van der Waals surface area contributed by atoms with Gasteiger partial charge in [-0.25, -0.2) is 0 Å². The second-order valence-corrected chi connectivity index (χ2v) is 20.3. The van der Waals surface area contributed by atoms with Gasteiger partial charge in [0.1, 0.15) is 24.4 Å². The lowest BCUT2D eigenvalue weighted by molar-refractivity contribution is -0.255. The molecule has 0 bridgehead atoms. The molecule has 260 valence electrons. The first kappa shape index (κ1) is 35.6. The Morgan fingerprint density at radius 2 is 1.29 bits per heavy atom. The van der Waals surface area contributed by atoms with Crippen LogP contribution in [0.1, 0.15) is 45.7 Å². The highest BCUT2D eigenvalue weighted by molar-refractivity contribution is 7.86. The molecule has 2 saturated heterocycles. The molecule has 0 aromatic heterocycles. The fourth-order valence-electron chi connectivity index (χ4n) is 6.87. The van der Waals surface area contributed by atoms with Crippen molar-refractivity contribution in [1.82, 2.24) is 0 Å². The van der Waals surface area contributed by atoms with Gasteiger partial charge in [-0.3, -0.25) is 4.18 Å². The molecule has 0 amide bonds. The van der Waals surface area contributed by atoms with Crippen LogP contribution in [0, 0.1) is 6.92 Å². The van der Waals surface area contributed by atoms with Gasteiger partial charge in [-0.15, -0.1) is 0 Å². The average Bonchev–Trinajstić information content (AvgIpc) is 3.52. The summed E-state index contributed by atoms with van der Waals surface area (Å²) in [7, 11) is -7.30. The standard InChI is InChI=1S/C39H46O8SSi/c1-29-22-24-31(25-23-29)48(40,41)43-27-39(35(42-26-30-16-10-7-11-17-30)34-36(47-39)46-38(5,6)45-34)28-44-49(37(2,3)4,32-18-12-8-13-19-32)33-20-14-9-15-21-33/h7-25,34-36H,26-28H2,1-6H3/t34-,35+,36+,39-/m1/s1. The SMILES string of the molecule is Cc1ccc(S(=O)(=O)OC[C@]2(CO[Si](c3ccccc3)(c3ccccc3)C(C)(C)C)O[C@@H]3OC(C)(C)O[C@@H]3[C@@H]2OCc2ccccc2)cc1. The summed E-state index contributed by atoms with van der Waals surface area (Å²) in [6.07, 6.45) is -2.33. The van der Waals surface area contributed by atoms with Crippen molar-refractivity contribution in [2.45, 2.75) is 88.0 Å². The summed E-state index contributed by atoms with van der Waals surface area (Å²) in [6.45, 7) is 11.9. The van der Waals surface area contributed by atoms with Gasteiger partial charge in [-0.05, 0) is 53.9 Å². The third-order valence-electron chi connectivity index (χ3n) is 9.25. The summed E-state index contributed by atoms with van der Waals surface area (Å²) in [5.74, 6) is -0.941. The Bertz CT molecular complexity index is 1760. The van der Waals surface area contributed by atoms with Crippen molar-refractivity contribution in [3.63, 3.8) is 0 Å². The van der Waals surface area contributed by atoms with Crippen molar-refractivity contribution in [3.05, 3.63) is 126 Å². The van der Waals surface area contributed by atoms with Crippen molar-refractivity contribution >= 4 is 28.8 Å². The molecule has 6 rings (SSSR count). The van der Waals surface area contributed by atoms with Gasteiger partial charge < -0.3 is 23.4 Å². The number of ether oxygens (including phenoxy) is 4. The minimum atomic E-state index is -4.19. The van der Waals surface area contributed by atoms with Crippen molar-refractivity contribution in [3.8, 4) is 0 Å². The zero-order valence-electron chi connectivity index (χ0n) is 29.0. The summed E-state index contributed by atoms with van der Waals surface area (Å²) < 4.78 is 66.7. The molecule has 2 heterocycles. The fourth-order valence-corrected chi connectivity index (χ4v) is 12.5. The molecule has 0 unspecified atom stereocenters. The maximum Gasteiger partial charge on any atom is 0.297 e. The summed E-state index contributed by atoms with van der Waals surface area (Å²) in [5.41, 5.74) is 0.442. The molecule has 0 radical (unpaired) electrons. The molecule has 49 heavy (non-hydrogen) atoms. The number of rotatable bonds is 12. The number of hydrogen-bond acceptors (Lipinski definition) is 8. The van der Waals surface area contributed by atoms with Gasteiger partial charge in [0, 0.05) is 0 Å². The monoisotopic (exact) mass is 702 g/mol. The van der Waals surface area contributed by atoms with E-state index in [-0.39, 0.29) is 29.8 Å². The smallest absolute Gasteiger partial charge is 0.297 e. The first-order chi connectivity index (χ1) is 23.2. The van der Waals surface area contributed by atoms with Crippen LogP contribution in [0.4, 0.5) is 0 Å². The number of fused-ring (bicyclic) bond motifs is 1. The molecule has 0 spiro atoms. The summed E-state index contributed by atoms with van der Waals surface area (Å²) in [4.78, 5) is 0.0507. The van der Waals surface area contributed by atoms with E-state index in [1.54, 1.807) is 24.3 Å². The van der Waals surface area contributed by atoms with E-state index in [9.17, 15) is 8.42 Å². The molecule has 2 fully saturated rings. The Morgan fingerprint density at radius 1 is 0.735 bits per heavy atom. The number of benzene rings is 4. The van der Waals surface area contributed by atoms with Crippen molar-refractivity contribution in [2.24, 2.45) is 0 Å². The van der Waals surface area contributed by atoms with Gasteiger partial charge >= 0.3 is 0 Å². The van der Waals surface area contributed by atoms with Crippen molar-refractivity contribution in [1.29, 1.82) is 0 Å². The molecular weight excluding hydrogens is 657 g/mol. The molecule has 4 aromatic carbocycles. The molecule has 2 aliphatic rings. The van der Waals surface area contributed by atoms with Gasteiger partial charge in [-0.2, -0.15) is 8.42 Å². The fraction of sp³-hybridized carbons (Fsp3) is 0.385. The lowest BCUT2D eigenvalue weighted by Gasteiger charge is -2.46. The van der Waals surface area contributed by atoms with Crippen molar-refractivity contribution in [2.75, 3.05) is 13.2 Å². The largest absolute Gasteiger partial charge is 0.404 e. The second-order valence-electron chi connectivity index (χ2n) is 14.3. The molecule has 0 N–H and O–H groups in total. The van der Waals surface area contributed by atoms with Crippen LogP contribution in [-0.4, -0.2) is 59.8 Å². The highest BCUT2D eigenvalue weighted by Crippen LogP contribution is 2.46. The Labute approximate surface area is 291 Å². The molecule has 0 aliphatic carbocycles. The quantitative estimate of drug-likeness (QED) is 0.129. The first-order valence-electron chi connectivity index (χ1n) is 16.6. The van der Waals surface area contributed by atoms with E-state index < -0.39 is 48.3 Å².